The van der Waals surface area contributed by atoms with Gasteiger partial charge < -0.3 is 4.57 Å². The number of thiazole rings is 1. The van der Waals surface area contributed by atoms with Crippen molar-refractivity contribution in [2.75, 3.05) is 4.72 Å². The first-order valence-corrected chi connectivity index (χ1v) is 12.3. The van der Waals surface area contributed by atoms with Crippen molar-refractivity contribution in [2.45, 2.75) is 25.7 Å². The molecular weight excluding hydrogens is 442 g/mol. The van der Waals surface area contributed by atoms with E-state index in [9.17, 15) is 13.2 Å². The maximum Gasteiger partial charge on any atom is 0.279 e. The number of nitrogens with one attached hydrogen (secondary N) is 1. The van der Waals surface area contributed by atoms with Crippen LogP contribution in [0.2, 0.25) is 0 Å². The monoisotopic (exact) mass is 465 g/mol. The number of carbonyl (C=O) groups excluding carboxylic acids is 1. The number of fused-ring (bicyclic) bond motifs is 1. The zero-order chi connectivity index (χ0) is 23.0. The van der Waals surface area contributed by atoms with Gasteiger partial charge in [0.25, 0.3) is 15.9 Å². The van der Waals surface area contributed by atoms with Gasteiger partial charge in [-0.3, -0.25) is 9.52 Å². The molecule has 0 fully saturated rings. The van der Waals surface area contributed by atoms with Crippen molar-refractivity contribution in [3.05, 3.63) is 87.7 Å². The van der Waals surface area contributed by atoms with Crippen LogP contribution >= 0.6 is 11.3 Å². The van der Waals surface area contributed by atoms with Crippen molar-refractivity contribution in [2.24, 2.45) is 12.0 Å². The molecule has 0 atom stereocenters. The van der Waals surface area contributed by atoms with Crippen molar-refractivity contribution >= 4 is 43.2 Å². The third-order valence-corrected chi connectivity index (χ3v) is 7.83. The van der Waals surface area contributed by atoms with E-state index < -0.39 is 10.0 Å². The van der Waals surface area contributed by atoms with E-state index in [-0.39, 0.29) is 10.8 Å². The van der Waals surface area contributed by atoms with Crippen LogP contribution in [0.4, 0.5) is 5.69 Å². The molecule has 1 amide bonds. The molecule has 0 aliphatic rings. The molecule has 6 nitrogen and oxygen atoms in total. The lowest BCUT2D eigenvalue weighted by Gasteiger charge is -2.08. The highest BCUT2D eigenvalue weighted by Gasteiger charge is 2.14. The third-order valence-electron chi connectivity index (χ3n) is 5.34. The molecular formula is C24H23N3O3S2. The Morgan fingerprint density at radius 3 is 2.22 bits per heavy atom. The van der Waals surface area contributed by atoms with Gasteiger partial charge in [-0.2, -0.15) is 4.99 Å². The smallest absolute Gasteiger partial charge is 0.279 e. The van der Waals surface area contributed by atoms with Crippen LogP contribution in [0.25, 0.3) is 10.2 Å². The number of benzene rings is 3. The molecule has 0 bridgehead atoms. The Morgan fingerprint density at radius 2 is 1.56 bits per heavy atom. The Balaban J connectivity index is 1.58. The van der Waals surface area contributed by atoms with Crippen molar-refractivity contribution < 1.29 is 13.2 Å². The number of amides is 1. The second-order valence-corrected chi connectivity index (χ2v) is 10.5. The lowest BCUT2D eigenvalue weighted by molar-refractivity contribution is 0.0998. The molecule has 0 saturated heterocycles. The second kappa shape index (κ2) is 8.37. The predicted octanol–water partition coefficient (Wildman–Crippen LogP) is 4.71. The highest BCUT2D eigenvalue weighted by atomic mass is 32.2. The molecule has 1 heterocycles. The van der Waals surface area contributed by atoms with Crippen LogP contribution in [0, 0.1) is 20.8 Å². The van der Waals surface area contributed by atoms with E-state index in [1.807, 2.05) is 18.5 Å². The first-order chi connectivity index (χ1) is 15.1. The van der Waals surface area contributed by atoms with Gasteiger partial charge in [0.05, 0.1) is 15.1 Å². The number of hydrogen-bond acceptors (Lipinski definition) is 4. The second-order valence-electron chi connectivity index (χ2n) is 7.76. The Bertz CT molecular complexity index is 1500. The van der Waals surface area contributed by atoms with E-state index in [2.05, 4.69) is 35.7 Å². The van der Waals surface area contributed by atoms with Crippen molar-refractivity contribution in [3.8, 4) is 0 Å². The highest BCUT2D eigenvalue weighted by Crippen LogP contribution is 2.21. The summed E-state index contributed by atoms with van der Waals surface area (Å²) in [7, 11) is -1.81. The SMILES string of the molecule is Cc1ccc(S(=O)(=O)Nc2ccc(C(=O)N=c3sc4cc(C)c(C)cc4n3C)cc2)cc1. The molecule has 0 aliphatic carbocycles. The van der Waals surface area contributed by atoms with E-state index >= 15 is 0 Å². The fourth-order valence-electron chi connectivity index (χ4n) is 3.25. The summed E-state index contributed by atoms with van der Waals surface area (Å²) in [6, 6.07) is 17.1. The Hall–Kier alpha value is -3.23. The molecule has 1 aromatic heterocycles. The van der Waals surface area contributed by atoms with Crippen molar-refractivity contribution in [3.63, 3.8) is 0 Å². The van der Waals surface area contributed by atoms with Gasteiger partial charge in [0.15, 0.2) is 4.80 Å². The zero-order valence-electron chi connectivity index (χ0n) is 18.2. The summed E-state index contributed by atoms with van der Waals surface area (Å²) < 4.78 is 30.6. The van der Waals surface area contributed by atoms with Gasteiger partial charge in [-0.05, 0) is 80.4 Å². The molecule has 0 saturated carbocycles. The standard InChI is InChI=1S/C24H23N3O3S2/c1-15-5-11-20(12-6-15)32(29,30)26-19-9-7-18(8-10-19)23(28)25-24-27(4)21-13-16(2)17(3)14-22(21)31-24/h5-14,26H,1-4H3. The summed E-state index contributed by atoms with van der Waals surface area (Å²) >= 11 is 1.46. The van der Waals surface area contributed by atoms with E-state index in [4.69, 9.17) is 0 Å². The van der Waals surface area contributed by atoms with Gasteiger partial charge in [-0.1, -0.05) is 29.0 Å². The minimum Gasteiger partial charge on any atom is -0.319 e. The first-order valence-electron chi connectivity index (χ1n) is 9.99. The fourth-order valence-corrected chi connectivity index (χ4v) is 5.41. The van der Waals surface area contributed by atoms with E-state index in [0.29, 0.717) is 16.1 Å². The van der Waals surface area contributed by atoms with Crippen molar-refractivity contribution in [1.82, 2.24) is 4.57 Å². The average Bonchev–Trinajstić information content (AvgIpc) is 3.03. The molecule has 4 aromatic rings. The Kier molecular flexibility index (Phi) is 5.75. The maximum absolute atomic E-state index is 12.7. The minimum absolute atomic E-state index is 0.181. The van der Waals surface area contributed by atoms with Crippen molar-refractivity contribution in [1.29, 1.82) is 0 Å². The van der Waals surface area contributed by atoms with Crippen LogP contribution in [0.3, 0.4) is 0 Å². The number of aryl methyl sites for hydroxylation is 4. The third kappa shape index (κ3) is 4.37. The summed E-state index contributed by atoms with van der Waals surface area (Å²) in [5.41, 5.74) is 5.15. The fraction of sp³-hybridized carbons (Fsp3) is 0.167. The highest BCUT2D eigenvalue weighted by molar-refractivity contribution is 7.92. The number of sulfonamides is 1. The van der Waals surface area contributed by atoms with Crippen LogP contribution in [-0.4, -0.2) is 18.9 Å². The summed E-state index contributed by atoms with van der Waals surface area (Å²) in [5.74, 6) is -0.381. The number of rotatable bonds is 4. The van der Waals surface area contributed by atoms with E-state index in [1.54, 1.807) is 48.5 Å². The van der Waals surface area contributed by atoms with Crippen LogP contribution in [-0.2, 0) is 17.1 Å². The summed E-state index contributed by atoms with van der Waals surface area (Å²) in [6.07, 6.45) is 0. The number of carbonyl (C=O) groups is 1. The van der Waals surface area contributed by atoms with Gasteiger partial charge in [0.2, 0.25) is 0 Å². The lowest BCUT2D eigenvalue weighted by atomic mass is 10.1. The average molecular weight is 466 g/mol. The summed E-state index contributed by atoms with van der Waals surface area (Å²) in [4.78, 5) is 17.8. The molecule has 4 rings (SSSR count). The molecule has 0 radical (unpaired) electrons. The molecule has 3 aromatic carbocycles. The number of anilines is 1. The van der Waals surface area contributed by atoms with Gasteiger partial charge in [0, 0.05) is 18.3 Å². The largest absolute Gasteiger partial charge is 0.319 e. The topological polar surface area (TPSA) is 80.5 Å². The lowest BCUT2D eigenvalue weighted by Crippen LogP contribution is -2.14. The Labute approximate surface area is 190 Å². The molecule has 0 unspecified atom stereocenters. The maximum atomic E-state index is 12.7. The molecule has 32 heavy (non-hydrogen) atoms. The molecule has 1 N–H and O–H groups in total. The zero-order valence-corrected chi connectivity index (χ0v) is 19.8. The first kappa shape index (κ1) is 22.0. The summed E-state index contributed by atoms with van der Waals surface area (Å²) in [6.45, 7) is 6.01. The quantitative estimate of drug-likeness (QED) is 0.474. The molecule has 164 valence electrons. The van der Waals surface area contributed by atoms with Crippen LogP contribution in [0.1, 0.15) is 27.0 Å². The van der Waals surface area contributed by atoms with Gasteiger partial charge in [-0.25, -0.2) is 8.42 Å². The minimum atomic E-state index is -3.70. The molecule has 0 spiro atoms. The molecule has 0 aliphatic heterocycles. The predicted molar refractivity (Wildman–Crippen MR) is 129 cm³/mol. The number of hydrogen-bond donors (Lipinski definition) is 1. The van der Waals surface area contributed by atoms with Gasteiger partial charge >= 0.3 is 0 Å². The van der Waals surface area contributed by atoms with E-state index in [1.165, 1.54) is 22.5 Å². The van der Waals surface area contributed by atoms with Gasteiger partial charge in [0.1, 0.15) is 0 Å². The van der Waals surface area contributed by atoms with E-state index in [0.717, 1.165) is 15.8 Å². The number of nitrogens with zero attached hydrogens (tertiary/aromatic N) is 2. The Morgan fingerprint density at radius 1 is 0.938 bits per heavy atom. The number of aromatic nitrogens is 1. The van der Waals surface area contributed by atoms with Crippen LogP contribution < -0.4 is 9.52 Å². The summed E-state index contributed by atoms with van der Waals surface area (Å²) in [5, 5.41) is 0. The molecule has 8 heteroatoms. The van der Waals surface area contributed by atoms with Crippen LogP contribution in [0.5, 0.6) is 0 Å². The van der Waals surface area contributed by atoms with Gasteiger partial charge in [-0.15, -0.1) is 0 Å². The van der Waals surface area contributed by atoms with Crippen LogP contribution in [0.15, 0.2) is 70.6 Å². The normalized spacial score (nSPS) is 12.3.